The van der Waals surface area contributed by atoms with Crippen LogP contribution in [-0.4, -0.2) is 37.2 Å². The van der Waals surface area contributed by atoms with E-state index < -0.39 is 6.10 Å². The maximum atomic E-state index is 12.8. The third-order valence-corrected chi connectivity index (χ3v) is 13.3. The zero-order valence-corrected chi connectivity index (χ0v) is 49.0. The number of hydrogen-bond acceptors (Lipinski definition) is 6. The molecule has 0 aromatic heterocycles. The van der Waals surface area contributed by atoms with E-state index in [0.29, 0.717) is 19.3 Å². The molecule has 0 aromatic carbocycles. The van der Waals surface area contributed by atoms with Crippen molar-refractivity contribution in [3.05, 3.63) is 109 Å². The van der Waals surface area contributed by atoms with Gasteiger partial charge in [0, 0.05) is 19.3 Å². The lowest BCUT2D eigenvalue weighted by molar-refractivity contribution is -0.167. The van der Waals surface area contributed by atoms with E-state index in [1.165, 1.54) is 135 Å². The number of carbonyl (C=O) groups is 3. The van der Waals surface area contributed by atoms with Crippen LogP contribution in [-0.2, 0) is 28.6 Å². The maximum absolute atomic E-state index is 12.8. The van der Waals surface area contributed by atoms with Gasteiger partial charge in [-0.1, -0.05) is 278 Å². The molecule has 0 radical (unpaired) electrons. The minimum atomic E-state index is -0.798. The van der Waals surface area contributed by atoms with Gasteiger partial charge in [-0.05, 0) is 103 Å². The van der Waals surface area contributed by atoms with Crippen molar-refractivity contribution >= 4 is 17.9 Å². The van der Waals surface area contributed by atoms with Gasteiger partial charge in [-0.25, -0.2) is 0 Å². The number of allylic oxidation sites excluding steroid dienone is 18. The summed E-state index contributed by atoms with van der Waals surface area (Å²) in [5.74, 6) is -0.929. The lowest BCUT2D eigenvalue weighted by atomic mass is 10.0. The predicted octanol–water partition coefficient (Wildman–Crippen LogP) is 21.4. The summed E-state index contributed by atoms with van der Waals surface area (Å²) in [6, 6.07) is 0. The van der Waals surface area contributed by atoms with Gasteiger partial charge in [0.05, 0.1) is 0 Å². The fraction of sp³-hybridized carbons (Fsp3) is 0.696. The Balaban J connectivity index is 4.20. The summed E-state index contributed by atoms with van der Waals surface area (Å²) < 4.78 is 16.8. The lowest BCUT2D eigenvalue weighted by Gasteiger charge is -2.18. The minimum absolute atomic E-state index is 0.0920. The lowest BCUT2D eigenvalue weighted by Crippen LogP contribution is -2.30. The first-order chi connectivity index (χ1) is 37.0. The normalized spacial score (nSPS) is 12.8. The first kappa shape index (κ1) is 71.1. The van der Waals surface area contributed by atoms with Crippen LogP contribution >= 0.6 is 0 Å². The molecule has 0 bridgehead atoms. The summed E-state index contributed by atoms with van der Waals surface area (Å²) in [4.78, 5) is 38.2. The molecule has 0 fully saturated rings. The highest BCUT2D eigenvalue weighted by atomic mass is 16.6. The molecule has 428 valence electrons. The van der Waals surface area contributed by atoms with Gasteiger partial charge in [0.1, 0.15) is 13.2 Å². The van der Waals surface area contributed by atoms with E-state index >= 15 is 0 Å². The summed E-state index contributed by atoms with van der Waals surface area (Å²) in [6.07, 6.45) is 85.4. The van der Waals surface area contributed by atoms with Crippen molar-refractivity contribution < 1.29 is 28.6 Å². The standard InChI is InChI=1S/C69H116O6/c1-4-7-10-13-16-19-22-24-26-27-28-29-30-31-32-33-34-35-36-37-38-39-40-41-43-44-47-50-53-56-59-62-68(71)74-65-66(64-73-67(70)61-58-55-52-49-46-21-18-15-12-9-6-3)75-69(72)63-60-57-54-51-48-45-42-25-23-20-17-14-11-8-5-2/h7-8,10-11,16-17,19-20,24-26,28-29,31-32,42,48,51,66H,4-6,9,12-15,18,21-23,27,30,33-41,43-47,49-50,52-65H2,1-3H3/b10-7-,11-8-,19-16-,20-17-,26-24-,29-28-,32-31-,42-25-,51-48-. The van der Waals surface area contributed by atoms with Crippen molar-refractivity contribution in [2.75, 3.05) is 13.2 Å². The molecule has 0 N–H and O–H groups in total. The summed E-state index contributed by atoms with van der Waals surface area (Å²) in [5.41, 5.74) is 0. The number of ether oxygens (including phenoxy) is 3. The highest BCUT2D eigenvalue weighted by Crippen LogP contribution is 2.16. The molecule has 0 heterocycles. The summed E-state index contributed by atoms with van der Waals surface area (Å²) in [6.45, 7) is 6.38. The first-order valence-electron chi connectivity index (χ1n) is 31.4. The van der Waals surface area contributed by atoms with E-state index in [2.05, 4.69) is 130 Å². The summed E-state index contributed by atoms with van der Waals surface area (Å²) in [7, 11) is 0. The van der Waals surface area contributed by atoms with Crippen LogP contribution in [0.25, 0.3) is 0 Å². The van der Waals surface area contributed by atoms with Gasteiger partial charge in [-0.2, -0.15) is 0 Å². The molecule has 0 aliphatic carbocycles. The Morgan fingerprint density at radius 3 is 0.840 bits per heavy atom. The monoisotopic (exact) mass is 1040 g/mol. The van der Waals surface area contributed by atoms with Crippen LogP contribution in [0.3, 0.4) is 0 Å². The van der Waals surface area contributed by atoms with E-state index in [0.717, 1.165) is 109 Å². The fourth-order valence-corrected chi connectivity index (χ4v) is 8.64. The molecule has 0 aromatic rings. The zero-order chi connectivity index (χ0) is 54.3. The molecule has 6 nitrogen and oxygen atoms in total. The summed E-state index contributed by atoms with van der Waals surface area (Å²) in [5, 5.41) is 0. The van der Waals surface area contributed by atoms with Crippen LogP contribution in [0.4, 0.5) is 0 Å². The van der Waals surface area contributed by atoms with Crippen LogP contribution in [0.5, 0.6) is 0 Å². The van der Waals surface area contributed by atoms with Crippen LogP contribution in [0.1, 0.15) is 290 Å². The molecule has 75 heavy (non-hydrogen) atoms. The molecule has 0 aliphatic heterocycles. The third kappa shape index (κ3) is 60.8. The summed E-state index contributed by atoms with van der Waals surface area (Å²) >= 11 is 0. The van der Waals surface area contributed by atoms with Crippen molar-refractivity contribution in [1.29, 1.82) is 0 Å². The molecule has 0 saturated heterocycles. The molecule has 0 aliphatic rings. The minimum Gasteiger partial charge on any atom is -0.462 e. The molecule has 1 unspecified atom stereocenters. The van der Waals surface area contributed by atoms with Gasteiger partial charge >= 0.3 is 17.9 Å². The number of hydrogen-bond donors (Lipinski definition) is 0. The van der Waals surface area contributed by atoms with Crippen molar-refractivity contribution in [3.8, 4) is 0 Å². The maximum Gasteiger partial charge on any atom is 0.306 e. The third-order valence-electron chi connectivity index (χ3n) is 13.3. The van der Waals surface area contributed by atoms with E-state index in [4.69, 9.17) is 14.2 Å². The molecule has 6 heteroatoms. The van der Waals surface area contributed by atoms with Crippen LogP contribution in [0.2, 0.25) is 0 Å². The highest BCUT2D eigenvalue weighted by Gasteiger charge is 2.19. The highest BCUT2D eigenvalue weighted by molar-refractivity contribution is 5.71. The second kappa shape index (κ2) is 62.6. The Kier molecular flexibility index (Phi) is 59.3. The second-order valence-corrected chi connectivity index (χ2v) is 20.6. The van der Waals surface area contributed by atoms with Crippen molar-refractivity contribution in [2.45, 2.75) is 297 Å². The van der Waals surface area contributed by atoms with Gasteiger partial charge in [0.2, 0.25) is 0 Å². The van der Waals surface area contributed by atoms with E-state index in [1.54, 1.807) is 0 Å². The molecular formula is C69H116O6. The molecule has 1 atom stereocenters. The van der Waals surface area contributed by atoms with E-state index in [9.17, 15) is 14.4 Å². The Morgan fingerprint density at radius 1 is 0.280 bits per heavy atom. The van der Waals surface area contributed by atoms with Crippen molar-refractivity contribution in [1.82, 2.24) is 0 Å². The predicted molar refractivity (Wildman–Crippen MR) is 325 cm³/mol. The average molecular weight is 1040 g/mol. The van der Waals surface area contributed by atoms with Gasteiger partial charge in [0.25, 0.3) is 0 Å². The number of rotatable bonds is 56. The Morgan fingerprint density at radius 2 is 0.520 bits per heavy atom. The number of unbranched alkanes of at least 4 members (excludes halogenated alkanes) is 27. The molecule has 0 amide bonds. The Labute approximate surface area is 463 Å². The molecular weight excluding hydrogens is 925 g/mol. The van der Waals surface area contributed by atoms with Gasteiger partial charge in [-0.15, -0.1) is 0 Å². The topological polar surface area (TPSA) is 78.9 Å². The van der Waals surface area contributed by atoms with Gasteiger partial charge < -0.3 is 14.2 Å². The number of esters is 3. The fourth-order valence-electron chi connectivity index (χ4n) is 8.64. The van der Waals surface area contributed by atoms with E-state index in [1.807, 2.05) is 0 Å². The zero-order valence-electron chi connectivity index (χ0n) is 49.0. The second-order valence-electron chi connectivity index (χ2n) is 20.6. The van der Waals surface area contributed by atoms with Crippen molar-refractivity contribution in [2.24, 2.45) is 0 Å². The smallest absolute Gasteiger partial charge is 0.306 e. The first-order valence-corrected chi connectivity index (χ1v) is 31.4. The molecule has 0 saturated carbocycles. The quantitative estimate of drug-likeness (QED) is 0.0261. The van der Waals surface area contributed by atoms with Gasteiger partial charge in [-0.3, -0.25) is 14.4 Å². The van der Waals surface area contributed by atoms with Crippen LogP contribution in [0, 0.1) is 0 Å². The van der Waals surface area contributed by atoms with Crippen LogP contribution in [0.15, 0.2) is 109 Å². The molecule has 0 rings (SSSR count). The average Bonchev–Trinajstić information content (AvgIpc) is 3.41. The Bertz CT molecular complexity index is 1520. The van der Waals surface area contributed by atoms with Crippen LogP contribution < -0.4 is 0 Å². The van der Waals surface area contributed by atoms with Gasteiger partial charge in [0.15, 0.2) is 6.10 Å². The number of carbonyl (C=O) groups excluding carboxylic acids is 3. The SMILES string of the molecule is CC/C=C\C/C=C\C/C=C\C/C=C\C/C=C\CCCCCCCCCCCCCCCCCC(=O)OCC(COC(=O)CCCCCCCCCCCCC)OC(=O)CCCC/C=C\C/C=C\C/C=C\C/C=C\CC. The largest absolute Gasteiger partial charge is 0.462 e. The Hall–Kier alpha value is -3.93. The van der Waals surface area contributed by atoms with E-state index in [-0.39, 0.29) is 37.5 Å². The molecule has 0 spiro atoms. The van der Waals surface area contributed by atoms with Crippen molar-refractivity contribution in [3.63, 3.8) is 0 Å².